The number of hydrogen-bond acceptors (Lipinski definition) is 4. The van der Waals surface area contributed by atoms with Gasteiger partial charge in [-0.05, 0) is 23.3 Å². The molecule has 0 saturated heterocycles. The van der Waals surface area contributed by atoms with Crippen molar-refractivity contribution in [1.82, 2.24) is 9.62 Å². The summed E-state index contributed by atoms with van der Waals surface area (Å²) >= 11 is 0. The van der Waals surface area contributed by atoms with E-state index in [-0.39, 0.29) is 13.2 Å². The molecule has 0 aromatic heterocycles. The first-order valence-electron chi connectivity index (χ1n) is 6.03. The van der Waals surface area contributed by atoms with Crippen molar-refractivity contribution >= 4 is 10.0 Å². The molecule has 100 valence electrons. The van der Waals surface area contributed by atoms with Crippen molar-refractivity contribution < 1.29 is 13.5 Å². The highest BCUT2D eigenvalue weighted by atomic mass is 32.2. The molecule has 0 saturated carbocycles. The fourth-order valence-electron chi connectivity index (χ4n) is 2.14. The molecule has 0 unspecified atom stereocenters. The van der Waals surface area contributed by atoms with Crippen LogP contribution in [-0.2, 0) is 23.1 Å². The second-order valence-electron chi connectivity index (χ2n) is 4.25. The lowest BCUT2D eigenvalue weighted by atomic mass is 10.1. The van der Waals surface area contributed by atoms with Crippen molar-refractivity contribution in [2.45, 2.75) is 24.9 Å². The Morgan fingerprint density at radius 2 is 2.06 bits per heavy atom. The van der Waals surface area contributed by atoms with E-state index in [1.807, 2.05) is 6.07 Å². The zero-order chi connectivity index (χ0) is 13.2. The van der Waals surface area contributed by atoms with E-state index in [2.05, 4.69) is 5.32 Å². The molecule has 1 aromatic carbocycles. The molecule has 0 aliphatic carbocycles. The summed E-state index contributed by atoms with van der Waals surface area (Å²) in [6.07, 6.45) is 0. The first kappa shape index (κ1) is 13.5. The number of nitrogens with one attached hydrogen (secondary N) is 1. The number of hydrogen-bond donors (Lipinski definition) is 2. The number of benzene rings is 1. The molecule has 0 atom stereocenters. The van der Waals surface area contributed by atoms with E-state index in [1.54, 1.807) is 19.1 Å². The predicted molar refractivity (Wildman–Crippen MR) is 68.5 cm³/mol. The van der Waals surface area contributed by atoms with Crippen molar-refractivity contribution in [2.24, 2.45) is 0 Å². The topological polar surface area (TPSA) is 69.6 Å². The maximum Gasteiger partial charge on any atom is 0.243 e. The largest absolute Gasteiger partial charge is 0.395 e. The van der Waals surface area contributed by atoms with E-state index in [4.69, 9.17) is 5.11 Å². The second kappa shape index (κ2) is 5.36. The Morgan fingerprint density at radius 3 is 2.72 bits per heavy atom. The minimum Gasteiger partial charge on any atom is -0.395 e. The van der Waals surface area contributed by atoms with Gasteiger partial charge >= 0.3 is 0 Å². The van der Waals surface area contributed by atoms with E-state index in [1.165, 1.54) is 4.31 Å². The monoisotopic (exact) mass is 270 g/mol. The van der Waals surface area contributed by atoms with Crippen LogP contribution in [0.3, 0.4) is 0 Å². The molecule has 0 spiro atoms. The van der Waals surface area contributed by atoms with Crippen LogP contribution in [0, 0.1) is 0 Å². The van der Waals surface area contributed by atoms with Crippen LogP contribution in [-0.4, -0.2) is 37.5 Å². The molecule has 0 fully saturated rings. The molecule has 1 aromatic rings. The summed E-state index contributed by atoms with van der Waals surface area (Å²) in [5.74, 6) is 0. The van der Waals surface area contributed by atoms with Crippen molar-refractivity contribution in [3.05, 3.63) is 29.3 Å². The average Bonchev–Trinajstić information content (AvgIpc) is 2.82. The highest BCUT2D eigenvalue weighted by Gasteiger charge is 2.24. The van der Waals surface area contributed by atoms with Gasteiger partial charge in [0.25, 0.3) is 0 Å². The van der Waals surface area contributed by atoms with E-state index in [9.17, 15) is 8.42 Å². The Bertz CT molecular complexity index is 528. The summed E-state index contributed by atoms with van der Waals surface area (Å²) in [5, 5.41) is 12.1. The van der Waals surface area contributed by atoms with Gasteiger partial charge in [0.05, 0.1) is 11.5 Å². The number of rotatable bonds is 5. The zero-order valence-corrected chi connectivity index (χ0v) is 11.2. The van der Waals surface area contributed by atoms with Crippen molar-refractivity contribution in [3.8, 4) is 0 Å². The van der Waals surface area contributed by atoms with Crippen LogP contribution in [0.25, 0.3) is 0 Å². The highest BCUT2D eigenvalue weighted by molar-refractivity contribution is 7.89. The third-order valence-corrected chi connectivity index (χ3v) is 5.12. The van der Waals surface area contributed by atoms with Gasteiger partial charge in [-0.15, -0.1) is 0 Å². The summed E-state index contributed by atoms with van der Waals surface area (Å²) in [7, 11) is -3.49. The Balaban J connectivity index is 2.35. The van der Waals surface area contributed by atoms with Gasteiger partial charge in [0.2, 0.25) is 10.0 Å². The van der Waals surface area contributed by atoms with Gasteiger partial charge in [-0.2, -0.15) is 4.31 Å². The van der Waals surface area contributed by atoms with Gasteiger partial charge in [-0.25, -0.2) is 8.42 Å². The summed E-state index contributed by atoms with van der Waals surface area (Å²) < 4.78 is 26.0. The van der Waals surface area contributed by atoms with E-state index < -0.39 is 10.0 Å². The Labute approximate surface area is 107 Å². The lowest BCUT2D eigenvalue weighted by molar-refractivity contribution is 0.257. The Morgan fingerprint density at radius 1 is 1.33 bits per heavy atom. The normalized spacial score (nSPS) is 15.1. The van der Waals surface area contributed by atoms with Gasteiger partial charge in [0.1, 0.15) is 0 Å². The van der Waals surface area contributed by atoms with E-state index in [0.717, 1.165) is 17.7 Å². The fourth-order valence-corrected chi connectivity index (χ4v) is 3.63. The molecule has 2 N–H and O–H groups in total. The smallest absolute Gasteiger partial charge is 0.243 e. The number of aliphatic hydroxyl groups is 1. The SMILES string of the molecule is CCN(CCO)S(=O)(=O)c1ccc2c(c1)CNC2. The Kier molecular flexibility index (Phi) is 4.01. The summed E-state index contributed by atoms with van der Waals surface area (Å²) in [6.45, 7) is 3.60. The number of nitrogens with zero attached hydrogens (tertiary/aromatic N) is 1. The molecule has 0 bridgehead atoms. The fraction of sp³-hybridized carbons (Fsp3) is 0.500. The number of fused-ring (bicyclic) bond motifs is 1. The van der Waals surface area contributed by atoms with Gasteiger partial charge in [-0.1, -0.05) is 13.0 Å². The first-order valence-corrected chi connectivity index (χ1v) is 7.47. The number of sulfonamides is 1. The standard InChI is InChI=1S/C12H18N2O3S/c1-2-14(5-6-15)18(16,17)12-4-3-10-8-13-9-11(10)7-12/h3-4,7,13,15H,2,5-6,8-9H2,1H3. The van der Waals surface area contributed by atoms with E-state index >= 15 is 0 Å². The molecule has 0 radical (unpaired) electrons. The molecular formula is C12H18N2O3S. The summed E-state index contributed by atoms with van der Waals surface area (Å²) in [6, 6.07) is 5.22. The van der Waals surface area contributed by atoms with Gasteiger partial charge in [-0.3, -0.25) is 0 Å². The second-order valence-corrected chi connectivity index (χ2v) is 6.19. The molecular weight excluding hydrogens is 252 g/mol. The third-order valence-electron chi connectivity index (χ3n) is 3.15. The molecule has 18 heavy (non-hydrogen) atoms. The first-order chi connectivity index (χ1) is 8.59. The van der Waals surface area contributed by atoms with Crippen LogP contribution in [0.15, 0.2) is 23.1 Å². The molecule has 1 aliphatic heterocycles. The highest BCUT2D eigenvalue weighted by Crippen LogP contribution is 2.22. The summed E-state index contributed by atoms with van der Waals surface area (Å²) in [4.78, 5) is 0.306. The zero-order valence-electron chi connectivity index (χ0n) is 10.4. The summed E-state index contributed by atoms with van der Waals surface area (Å²) in [5.41, 5.74) is 2.19. The molecule has 2 rings (SSSR count). The average molecular weight is 270 g/mol. The molecule has 1 heterocycles. The third kappa shape index (κ3) is 2.42. The van der Waals surface area contributed by atoms with Crippen LogP contribution in [0.5, 0.6) is 0 Å². The van der Waals surface area contributed by atoms with Crippen molar-refractivity contribution in [2.75, 3.05) is 19.7 Å². The lowest BCUT2D eigenvalue weighted by Gasteiger charge is -2.19. The Hall–Kier alpha value is -0.950. The van der Waals surface area contributed by atoms with Gasteiger partial charge < -0.3 is 10.4 Å². The molecule has 5 nitrogen and oxygen atoms in total. The van der Waals surface area contributed by atoms with Crippen LogP contribution >= 0.6 is 0 Å². The minimum absolute atomic E-state index is 0.133. The van der Waals surface area contributed by atoms with E-state index in [0.29, 0.717) is 18.0 Å². The predicted octanol–water partition coefficient (Wildman–Crippen LogP) is 0.293. The van der Waals surface area contributed by atoms with Crippen LogP contribution in [0.4, 0.5) is 0 Å². The van der Waals surface area contributed by atoms with Crippen LogP contribution in [0.1, 0.15) is 18.1 Å². The minimum atomic E-state index is -3.49. The number of aliphatic hydroxyl groups excluding tert-OH is 1. The van der Waals surface area contributed by atoms with Gasteiger partial charge in [0.15, 0.2) is 0 Å². The van der Waals surface area contributed by atoms with Gasteiger partial charge in [0, 0.05) is 26.2 Å². The van der Waals surface area contributed by atoms with Crippen LogP contribution in [0.2, 0.25) is 0 Å². The maximum atomic E-state index is 12.3. The van der Waals surface area contributed by atoms with Crippen LogP contribution < -0.4 is 5.32 Å². The maximum absolute atomic E-state index is 12.3. The lowest BCUT2D eigenvalue weighted by Crippen LogP contribution is -2.33. The molecule has 0 amide bonds. The molecule has 1 aliphatic rings. The number of likely N-dealkylation sites (N-methyl/N-ethyl adjacent to an activating group) is 1. The van der Waals surface area contributed by atoms with Crippen molar-refractivity contribution in [1.29, 1.82) is 0 Å². The quantitative estimate of drug-likeness (QED) is 0.807. The van der Waals surface area contributed by atoms with Crippen molar-refractivity contribution in [3.63, 3.8) is 0 Å². The molecule has 6 heteroatoms.